The lowest BCUT2D eigenvalue weighted by Crippen LogP contribution is -2.59. The number of hydrogen-bond acceptors (Lipinski definition) is 4. The first-order chi connectivity index (χ1) is 13.1. The van der Waals surface area contributed by atoms with E-state index < -0.39 is 20.0 Å². The van der Waals surface area contributed by atoms with Crippen molar-refractivity contribution in [3.8, 4) is 0 Å². The van der Waals surface area contributed by atoms with Crippen molar-refractivity contribution in [1.82, 2.24) is 0 Å². The van der Waals surface area contributed by atoms with Gasteiger partial charge in [0, 0.05) is 12.2 Å². The normalized spacial score (nSPS) is 10.7. The molecule has 0 bridgehead atoms. The average Bonchev–Trinajstić information content (AvgIpc) is 2.73. The van der Waals surface area contributed by atoms with Crippen molar-refractivity contribution in [3.05, 3.63) is 86.0 Å². The predicted octanol–water partition coefficient (Wildman–Crippen LogP) is 2.71. The molecule has 0 heterocycles. The monoisotopic (exact) mass is 380 g/mol. The summed E-state index contributed by atoms with van der Waals surface area (Å²) in [7, 11) is -2.33. The molecule has 5 heteroatoms. The smallest absolute Gasteiger partial charge is 0.330 e. The summed E-state index contributed by atoms with van der Waals surface area (Å²) >= 11 is 0. The Morgan fingerprint density at radius 3 is 1.44 bits per heavy atom. The average molecular weight is 381 g/mol. The fraction of sp³-hybridized carbons (Fsp3) is 0.182. The van der Waals surface area contributed by atoms with E-state index >= 15 is 0 Å². The molecule has 0 spiro atoms. The van der Waals surface area contributed by atoms with Crippen LogP contribution in [0.25, 0.3) is 0 Å². The van der Waals surface area contributed by atoms with Crippen molar-refractivity contribution in [2.24, 2.45) is 0 Å². The summed E-state index contributed by atoms with van der Waals surface area (Å²) in [6.07, 6.45) is 2.33. The molecule has 0 saturated carbocycles. The highest BCUT2D eigenvalue weighted by Crippen LogP contribution is 2.18. The van der Waals surface area contributed by atoms with Crippen LogP contribution in [-0.4, -0.2) is 33.2 Å². The van der Waals surface area contributed by atoms with E-state index in [2.05, 4.69) is 37.4 Å². The lowest BCUT2D eigenvalue weighted by atomic mass is 10.4. The molecule has 0 N–H and O–H groups in total. The highest BCUT2D eigenvalue weighted by atomic mass is 28.3. The molecular weight excluding hydrogens is 356 g/mol. The molecule has 0 aliphatic heterocycles. The third-order valence-electron chi connectivity index (χ3n) is 4.53. The molecule has 2 rings (SSSR count). The molecule has 4 nitrogen and oxygen atoms in total. The Morgan fingerprint density at radius 2 is 1.11 bits per heavy atom. The number of rotatable bonds is 10. The van der Waals surface area contributed by atoms with E-state index in [1.165, 1.54) is 22.5 Å². The molecule has 2 aromatic rings. The minimum atomic E-state index is -2.33. The standard InChI is InChI=1S/C22H24O4Si/c1-3-21(23)25-15-17-27(18-16-26-22(24)4-2,19-11-7-5-8-12-19)20-13-9-6-10-14-20/h3-14H,1-2,15-18H2. The van der Waals surface area contributed by atoms with Gasteiger partial charge >= 0.3 is 11.9 Å². The molecule has 0 radical (unpaired) electrons. The van der Waals surface area contributed by atoms with Crippen LogP contribution >= 0.6 is 0 Å². The number of carbonyl (C=O) groups excluding carboxylic acids is 2. The van der Waals surface area contributed by atoms with Gasteiger partial charge in [0.15, 0.2) is 0 Å². The molecule has 140 valence electrons. The lowest BCUT2D eigenvalue weighted by Gasteiger charge is -2.32. The van der Waals surface area contributed by atoms with Crippen molar-refractivity contribution >= 4 is 30.4 Å². The first-order valence-corrected chi connectivity index (χ1v) is 11.2. The Bertz CT molecular complexity index is 704. The molecule has 0 amide bonds. The minimum Gasteiger partial charge on any atom is -0.463 e. The number of hydrogen-bond donors (Lipinski definition) is 0. The third-order valence-corrected chi connectivity index (χ3v) is 9.52. The second-order valence-corrected chi connectivity index (χ2v) is 10.4. The fourth-order valence-corrected chi connectivity index (χ4v) is 7.45. The van der Waals surface area contributed by atoms with Crippen LogP contribution in [-0.2, 0) is 19.1 Å². The van der Waals surface area contributed by atoms with Gasteiger partial charge in [-0.25, -0.2) is 9.59 Å². The second kappa shape index (κ2) is 10.3. The topological polar surface area (TPSA) is 52.6 Å². The first kappa shape index (κ1) is 20.4. The van der Waals surface area contributed by atoms with E-state index in [-0.39, 0.29) is 13.2 Å². The largest absolute Gasteiger partial charge is 0.463 e. The van der Waals surface area contributed by atoms with Gasteiger partial charge in [-0.2, -0.15) is 0 Å². The van der Waals surface area contributed by atoms with E-state index in [0.717, 1.165) is 0 Å². The van der Waals surface area contributed by atoms with Gasteiger partial charge < -0.3 is 9.47 Å². The predicted molar refractivity (Wildman–Crippen MR) is 110 cm³/mol. The van der Waals surface area contributed by atoms with Crippen molar-refractivity contribution in [2.45, 2.75) is 12.1 Å². The summed E-state index contributed by atoms with van der Waals surface area (Å²) in [4.78, 5) is 23.0. The van der Waals surface area contributed by atoms with Crippen LogP contribution in [0.2, 0.25) is 12.1 Å². The van der Waals surface area contributed by atoms with Crippen LogP contribution in [0.5, 0.6) is 0 Å². The molecular formula is C22H24O4Si. The zero-order valence-corrected chi connectivity index (χ0v) is 16.3. The van der Waals surface area contributed by atoms with Crippen LogP contribution in [0.4, 0.5) is 0 Å². The van der Waals surface area contributed by atoms with Crippen LogP contribution in [0.3, 0.4) is 0 Å². The molecule has 0 aliphatic rings. The van der Waals surface area contributed by atoms with Gasteiger partial charge in [0.05, 0.1) is 13.2 Å². The van der Waals surface area contributed by atoms with Gasteiger partial charge in [-0.05, 0) is 12.1 Å². The van der Waals surface area contributed by atoms with Crippen molar-refractivity contribution in [2.75, 3.05) is 13.2 Å². The lowest BCUT2D eigenvalue weighted by molar-refractivity contribution is -0.137. The van der Waals surface area contributed by atoms with E-state index in [0.29, 0.717) is 12.1 Å². The summed E-state index contributed by atoms with van der Waals surface area (Å²) in [5, 5.41) is 2.42. The Balaban J connectivity index is 2.37. The van der Waals surface area contributed by atoms with Crippen LogP contribution in [0.1, 0.15) is 0 Å². The molecule has 2 aromatic carbocycles. The molecule has 0 aliphatic carbocycles. The Hall–Kier alpha value is -2.92. The van der Waals surface area contributed by atoms with Gasteiger partial charge in [0.25, 0.3) is 0 Å². The summed E-state index contributed by atoms with van der Waals surface area (Å²) in [6, 6.07) is 21.8. The summed E-state index contributed by atoms with van der Waals surface area (Å²) < 4.78 is 10.6. The van der Waals surface area contributed by atoms with Gasteiger partial charge in [0.2, 0.25) is 0 Å². The number of benzene rings is 2. The van der Waals surface area contributed by atoms with Crippen molar-refractivity contribution in [3.63, 3.8) is 0 Å². The Morgan fingerprint density at radius 1 is 0.741 bits per heavy atom. The number of esters is 2. The minimum absolute atomic E-state index is 0.288. The van der Waals surface area contributed by atoms with E-state index in [1.54, 1.807) is 0 Å². The SMILES string of the molecule is C=CC(=O)OCC[Si](CCOC(=O)C=C)(c1ccccc1)c1ccccc1. The van der Waals surface area contributed by atoms with Gasteiger partial charge in [-0.1, -0.05) is 84.2 Å². The summed E-state index contributed by atoms with van der Waals surface area (Å²) in [5.41, 5.74) is 0. The molecule has 0 unspecified atom stereocenters. The van der Waals surface area contributed by atoms with Gasteiger partial charge in [-0.15, -0.1) is 0 Å². The van der Waals surface area contributed by atoms with E-state index in [4.69, 9.17) is 9.47 Å². The van der Waals surface area contributed by atoms with Crippen LogP contribution in [0, 0.1) is 0 Å². The highest BCUT2D eigenvalue weighted by Gasteiger charge is 2.37. The van der Waals surface area contributed by atoms with E-state index in [9.17, 15) is 9.59 Å². The number of ether oxygens (including phenoxy) is 2. The quantitative estimate of drug-likeness (QED) is 0.361. The molecule has 0 atom stereocenters. The maximum Gasteiger partial charge on any atom is 0.330 e. The van der Waals surface area contributed by atoms with E-state index in [1.807, 2.05) is 36.4 Å². The Kier molecular flexibility index (Phi) is 7.76. The zero-order valence-electron chi connectivity index (χ0n) is 15.3. The second-order valence-electron chi connectivity index (χ2n) is 6.06. The summed E-state index contributed by atoms with van der Waals surface area (Å²) in [6.45, 7) is 7.46. The highest BCUT2D eigenvalue weighted by molar-refractivity contribution is 7.02. The zero-order chi connectivity index (χ0) is 19.5. The molecule has 0 aromatic heterocycles. The van der Waals surface area contributed by atoms with Crippen LogP contribution in [0.15, 0.2) is 86.0 Å². The van der Waals surface area contributed by atoms with Crippen molar-refractivity contribution in [1.29, 1.82) is 0 Å². The Labute approximate surface area is 161 Å². The molecule has 27 heavy (non-hydrogen) atoms. The maximum atomic E-state index is 11.5. The van der Waals surface area contributed by atoms with Gasteiger partial charge in [-0.3, -0.25) is 0 Å². The third kappa shape index (κ3) is 5.52. The summed E-state index contributed by atoms with van der Waals surface area (Å²) in [5.74, 6) is -0.866. The maximum absolute atomic E-state index is 11.5. The molecule has 0 saturated heterocycles. The fourth-order valence-electron chi connectivity index (χ4n) is 3.15. The van der Waals surface area contributed by atoms with Gasteiger partial charge in [0.1, 0.15) is 8.07 Å². The van der Waals surface area contributed by atoms with Crippen molar-refractivity contribution < 1.29 is 19.1 Å². The van der Waals surface area contributed by atoms with Crippen LogP contribution < -0.4 is 10.4 Å². The number of carbonyl (C=O) groups is 2. The first-order valence-electron chi connectivity index (χ1n) is 8.82. The molecule has 0 fully saturated rings.